The predicted molar refractivity (Wildman–Crippen MR) is 80.5 cm³/mol. The van der Waals surface area contributed by atoms with E-state index in [4.69, 9.17) is 4.74 Å². The number of quaternary nitrogens is 1. The van der Waals surface area contributed by atoms with E-state index in [0.717, 1.165) is 17.7 Å². The molecular weight excluding hydrogens is 246 g/mol. The van der Waals surface area contributed by atoms with Gasteiger partial charge >= 0.3 is 0 Å². The monoisotopic (exact) mass is 272 g/mol. The lowest BCUT2D eigenvalue weighted by atomic mass is 9.52. The Morgan fingerprint density at radius 2 is 2.15 bits per heavy atom. The van der Waals surface area contributed by atoms with Crippen molar-refractivity contribution in [2.45, 2.75) is 50.0 Å². The van der Waals surface area contributed by atoms with Gasteiger partial charge < -0.3 is 9.64 Å². The van der Waals surface area contributed by atoms with Crippen LogP contribution in [-0.4, -0.2) is 26.7 Å². The standard InChI is InChI=1S/C18H25NO/c1-19-10-9-18-8-4-3-5-15(18)17(19)11-13-6-7-14(20-2)12-16(13)18/h6-7,12,15,17H,3-5,8-11H2,1-2H3/p+1. The number of ether oxygens (including phenoxy) is 1. The van der Waals surface area contributed by atoms with Crippen LogP contribution in [0.5, 0.6) is 5.75 Å². The van der Waals surface area contributed by atoms with Gasteiger partial charge in [-0.15, -0.1) is 0 Å². The van der Waals surface area contributed by atoms with Crippen LogP contribution in [0, 0.1) is 5.92 Å². The van der Waals surface area contributed by atoms with Gasteiger partial charge in [-0.05, 0) is 36.1 Å². The zero-order valence-corrected chi connectivity index (χ0v) is 12.7. The normalized spacial score (nSPS) is 38.8. The van der Waals surface area contributed by atoms with Crippen LogP contribution in [0.25, 0.3) is 0 Å². The van der Waals surface area contributed by atoms with Crippen LogP contribution in [0.1, 0.15) is 43.2 Å². The van der Waals surface area contributed by atoms with Crippen molar-refractivity contribution >= 4 is 0 Å². The summed E-state index contributed by atoms with van der Waals surface area (Å²) in [5.41, 5.74) is 3.73. The Hall–Kier alpha value is -1.02. The molecule has 1 saturated heterocycles. The van der Waals surface area contributed by atoms with Crippen LogP contribution in [0.2, 0.25) is 0 Å². The maximum atomic E-state index is 5.51. The molecule has 4 rings (SSSR count). The van der Waals surface area contributed by atoms with Gasteiger partial charge in [0.1, 0.15) is 5.75 Å². The summed E-state index contributed by atoms with van der Waals surface area (Å²) >= 11 is 0. The summed E-state index contributed by atoms with van der Waals surface area (Å²) in [7, 11) is 4.21. The summed E-state index contributed by atoms with van der Waals surface area (Å²) in [6.07, 6.45) is 8.35. The second-order valence-electron chi connectivity index (χ2n) is 7.19. The van der Waals surface area contributed by atoms with Crippen molar-refractivity contribution in [2.75, 3.05) is 20.7 Å². The zero-order chi connectivity index (χ0) is 13.7. The summed E-state index contributed by atoms with van der Waals surface area (Å²) in [6, 6.07) is 7.71. The van der Waals surface area contributed by atoms with Gasteiger partial charge in [-0.1, -0.05) is 18.9 Å². The molecule has 0 radical (unpaired) electrons. The fourth-order valence-corrected chi connectivity index (χ4v) is 5.46. The Labute approximate surface area is 122 Å². The first-order chi connectivity index (χ1) is 9.74. The summed E-state index contributed by atoms with van der Waals surface area (Å²) in [5, 5.41) is 0. The summed E-state index contributed by atoms with van der Waals surface area (Å²) in [5.74, 6) is 1.96. The molecule has 4 atom stereocenters. The molecule has 1 N–H and O–H groups in total. The summed E-state index contributed by atoms with van der Waals surface area (Å²) < 4.78 is 5.51. The smallest absolute Gasteiger partial charge is 0.119 e. The lowest BCUT2D eigenvalue weighted by molar-refractivity contribution is -0.919. The molecule has 2 fully saturated rings. The second-order valence-corrected chi connectivity index (χ2v) is 7.19. The molecule has 2 nitrogen and oxygen atoms in total. The summed E-state index contributed by atoms with van der Waals surface area (Å²) in [6.45, 7) is 1.35. The average molecular weight is 272 g/mol. The third-order valence-corrected chi connectivity index (χ3v) is 6.48. The first-order valence-electron chi connectivity index (χ1n) is 8.24. The summed E-state index contributed by atoms with van der Waals surface area (Å²) in [4.78, 5) is 1.77. The molecule has 0 aromatic heterocycles. The van der Waals surface area contributed by atoms with Gasteiger partial charge in [0.15, 0.2) is 0 Å². The van der Waals surface area contributed by atoms with E-state index in [2.05, 4.69) is 25.2 Å². The van der Waals surface area contributed by atoms with Gasteiger partial charge in [-0.3, -0.25) is 0 Å². The van der Waals surface area contributed by atoms with Crippen LogP contribution >= 0.6 is 0 Å². The molecule has 2 bridgehead atoms. The molecular formula is C18H26NO+. The van der Waals surface area contributed by atoms with E-state index in [9.17, 15) is 0 Å². The van der Waals surface area contributed by atoms with Gasteiger partial charge in [0.2, 0.25) is 0 Å². The van der Waals surface area contributed by atoms with Crippen molar-refractivity contribution < 1.29 is 9.64 Å². The molecule has 1 aliphatic heterocycles. The third-order valence-electron chi connectivity index (χ3n) is 6.48. The predicted octanol–water partition coefficient (Wildman–Crippen LogP) is 1.97. The zero-order valence-electron chi connectivity index (χ0n) is 12.7. The van der Waals surface area contributed by atoms with E-state index < -0.39 is 0 Å². The highest BCUT2D eigenvalue weighted by Crippen LogP contribution is 2.53. The van der Waals surface area contributed by atoms with Crippen molar-refractivity contribution in [3.63, 3.8) is 0 Å². The largest absolute Gasteiger partial charge is 0.497 e. The molecule has 1 aromatic carbocycles. The fraction of sp³-hybridized carbons (Fsp3) is 0.667. The molecule has 1 saturated carbocycles. The molecule has 20 heavy (non-hydrogen) atoms. The number of methoxy groups -OCH3 is 1. The Balaban J connectivity index is 1.88. The highest BCUT2D eigenvalue weighted by atomic mass is 16.5. The fourth-order valence-electron chi connectivity index (χ4n) is 5.46. The molecule has 0 spiro atoms. The minimum absolute atomic E-state index is 0.477. The number of piperidine rings is 1. The number of rotatable bonds is 1. The van der Waals surface area contributed by atoms with Crippen LogP contribution < -0.4 is 9.64 Å². The number of hydrogen-bond donors (Lipinski definition) is 1. The lowest BCUT2D eigenvalue weighted by Gasteiger charge is -2.56. The van der Waals surface area contributed by atoms with E-state index >= 15 is 0 Å². The van der Waals surface area contributed by atoms with Crippen molar-refractivity contribution in [1.29, 1.82) is 0 Å². The molecule has 0 amide bonds. The van der Waals surface area contributed by atoms with Gasteiger partial charge in [-0.2, -0.15) is 0 Å². The molecule has 1 aromatic rings. The Bertz CT molecular complexity index is 526. The molecule has 1 heterocycles. The highest BCUT2D eigenvalue weighted by Gasteiger charge is 2.55. The molecule has 2 heteroatoms. The molecule has 2 aliphatic carbocycles. The van der Waals surface area contributed by atoms with Crippen molar-refractivity contribution in [3.8, 4) is 5.75 Å². The lowest BCUT2D eigenvalue weighted by Crippen LogP contribution is -3.16. The maximum absolute atomic E-state index is 5.51. The highest BCUT2D eigenvalue weighted by molar-refractivity contribution is 5.44. The van der Waals surface area contributed by atoms with E-state index in [1.807, 2.05) is 0 Å². The van der Waals surface area contributed by atoms with E-state index in [1.54, 1.807) is 23.1 Å². The van der Waals surface area contributed by atoms with Gasteiger partial charge in [-0.25, -0.2) is 0 Å². The minimum atomic E-state index is 0.477. The van der Waals surface area contributed by atoms with E-state index in [0.29, 0.717) is 5.41 Å². The van der Waals surface area contributed by atoms with Crippen LogP contribution in [0.15, 0.2) is 18.2 Å². The number of hydrogen-bond acceptors (Lipinski definition) is 1. The number of nitrogens with one attached hydrogen (secondary N) is 1. The van der Waals surface area contributed by atoms with Crippen LogP contribution in [-0.2, 0) is 11.8 Å². The van der Waals surface area contributed by atoms with E-state index in [1.165, 1.54) is 45.1 Å². The Morgan fingerprint density at radius 1 is 1.25 bits per heavy atom. The van der Waals surface area contributed by atoms with Gasteiger partial charge in [0.25, 0.3) is 0 Å². The van der Waals surface area contributed by atoms with Gasteiger partial charge in [0, 0.05) is 24.2 Å². The SMILES string of the molecule is COc1ccc2c(c1)C13CCCCC1C(C2)[NH+](C)CC3. The first-order valence-corrected chi connectivity index (χ1v) is 8.24. The number of benzene rings is 1. The number of likely N-dealkylation sites (N-methyl/N-ethyl adjacent to an activating group) is 1. The first kappa shape index (κ1) is 12.7. The molecule has 4 unspecified atom stereocenters. The second kappa shape index (κ2) is 4.49. The third kappa shape index (κ3) is 1.60. The number of fused-ring (bicyclic) bond motifs is 1. The Morgan fingerprint density at radius 3 is 3.00 bits per heavy atom. The molecule has 108 valence electrons. The van der Waals surface area contributed by atoms with Crippen molar-refractivity contribution in [2.24, 2.45) is 5.92 Å². The molecule has 3 aliphatic rings. The minimum Gasteiger partial charge on any atom is -0.497 e. The quantitative estimate of drug-likeness (QED) is 0.825. The van der Waals surface area contributed by atoms with E-state index in [-0.39, 0.29) is 0 Å². The van der Waals surface area contributed by atoms with Crippen LogP contribution in [0.4, 0.5) is 0 Å². The van der Waals surface area contributed by atoms with Crippen molar-refractivity contribution in [3.05, 3.63) is 29.3 Å². The maximum Gasteiger partial charge on any atom is 0.119 e. The number of likely N-dealkylation sites (tertiary alicyclic amines) is 1. The average Bonchev–Trinajstić information content (AvgIpc) is 2.50. The van der Waals surface area contributed by atoms with Gasteiger partial charge in [0.05, 0.1) is 26.7 Å². The van der Waals surface area contributed by atoms with Crippen molar-refractivity contribution in [1.82, 2.24) is 0 Å². The Kier molecular flexibility index (Phi) is 2.85. The topological polar surface area (TPSA) is 13.7 Å². The van der Waals surface area contributed by atoms with Crippen LogP contribution in [0.3, 0.4) is 0 Å².